The van der Waals surface area contributed by atoms with Gasteiger partial charge in [0.25, 0.3) is 5.91 Å². The molecule has 0 aliphatic carbocycles. The Morgan fingerprint density at radius 3 is 2.82 bits per heavy atom. The van der Waals surface area contributed by atoms with Gasteiger partial charge in [-0.1, -0.05) is 0 Å². The van der Waals surface area contributed by atoms with Crippen molar-refractivity contribution in [2.75, 3.05) is 26.7 Å². The lowest BCUT2D eigenvalue weighted by Crippen LogP contribution is -2.49. The van der Waals surface area contributed by atoms with Crippen LogP contribution in [0.25, 0.3) is 0 Å². The molecule has 1 aliphatic heterocycles. The molecule has 1 saturated heterocycles. The number of nitrogens with one attached hydrogen (secondary N) is 1. The fourth-order valence-corrected chi connectivity index (χ4v) is 2.62. The largest absolute Gasteiger partial charge is 0.347 e. The molecule has 22 heavy (non-hydrogen) atoms. The van der Waals surface area contributed by atoms with Crippen LogP contribution in [-0.2, 0) is 0 Å². The second-order valence-corrected chi connectivity index (χ2v) is 5.35. The predicted molar refractivity (Wildman–Crippen MR) is 76.2 cm³/mol. The number of halogens is 2. The summed E-state index contributed by atoms with van der Waals surface area (Å²) >= 11 is 0. The Morgan fingerprint density at radius 1 is 1.32 bits per heavy atom. The Hall–Kier alpha value is -2.28. The minimum atomic E-state index is -1.01. The number of imidazole rings is 1. The van der Waals surface area contributed by atoms with E-state index in [2.05, 4.69) is 14.9 Å². The van der Waals surface area contributed by atoms with E-state index in [0.29, 0.717) is 19.6 Å². The van der Waals surface area contributed by atoms with Crippen molar-refractivity contribution in [3.8, 4) is 0 Å². The van der Waals surface area contributed by atoms with Gasteiger partial charge in [-0.25, -0.2) is 13.8 Å². The molecule has 1 aliphatic rings. The highest BCUT2D eigenvalue weighted by molar-refractivity contribution is 5.94. The number of benzene rings is 1. The number of hydrogen-bond donors (Lipinski definition) is 1. The maximum atomic E-state index is 13.3. The molecule has 1 unspecified atom stereocenters. The summed E-state index contributed by atoms with van der Waals surface area (Å²) in [5, 5.41) is 0. The van der Waals surface area contributed by atoms with E-state index in [-0.39, 0.29) is 17.5 Å². The second-order valence-electron chi connectivity index (χ2n) is 5.35. The molecule has 1 amide bonds. The van der Waals surface area contributed by atoms with Crippen LogP contribution in [0.15, 0.2) is 30.6 Å². The van der Waals surface area contributed by atoms with Crippen molar-refractivity contribution >= 4 is 5.91 Å². The van der Waals surface area contributed by atoms with Crippen LogP contribution in [0.2, 0.25) is 0 Å². The number of amides is 1. The van der Waals surface area contributed by atoms with Crippen LogP contribution >= 0.6 is 0 Å². The van der Waals surface area contributed by atoms with Crippen LogP contribution in [0.1, 0.15) is 22.2 Å². The average molecular weight is 306 g/mol. The summed E-state index contributed by atoms with van der Waals surface area (Å²) in [4.78, 5) is 23.5. The molecular weight excluding hydrogens is 290 g/mol. The molecule has 116 valence electrons. The van der Waals surface area contributed by atoms with Gasteiger partial charge in [-0.3, -0.25) is 9.69 Å². The average Bonchev–Trinajstić information content (AvgIpc) is 3.04. The minimum absolute atomic E-state index is 0.0435. The number of aromatic amines is 1. The van der Waals surface area contributed by atoms with Crippen LogP contribution < -0.4 is 0 Å². The molecule has 0 spiro atoms. The Labute approximate surface area is 126 Å². The standard InChI is InChI=1S/C15H16F2N4O/c1-20-6-7-21(9-13(20)14-18-4-5-19-14)15(22)10-2-3-11(16)12(17)8-10/h2-5,8,13H,6-7,9H2,1H3,(H,18,19). The maximum absolute atomic E-state index is 13.3. The summed E-state index contributed by atoms with van der Waals surface area (Å²) in [5.41, 5.74) is 0.154. The van der Waals surface area contributed by atoms with Gasteiger partial charge in [0.1, 0.15) is 5.82 Å². The Bertz CT molecular complexity index is 674. The molecule has 7 heteroatoms. The second kappa shape index (κ2) is 5.84. The van der Waals surface area contributed by atoms with Gasteiger partial charge in [0.05, 0.1) is 6.04 Å². The molecule has 2 heterocycles. The number of carbonyl (C=O) groups is 1. The summed E-state index contributed by atoms with van der Waals surface area (Å²) in [7, 11) is 1.96. The molecule has 3 rings (SSSR count). The van der Waals surface area contributed by atoms with E-state index < -0.39 is 11.6 Å². The Kier molecular flexibility index (Phi) is 3.89. The number of piperazine rings is 1. The predicted octanol–water partition coefficient (Wildman–Crippen LogP) is 1.82. The summed E-state index contributed by atoms with van der Waals surface area (Å²) in [5.74, 6) is -1.49. The minimum Gasteiger partial charge on any atom is -0.347 e. The van der Waals surface area contributed by atoms with Crippen LogP contribution in [0.5, 0.6) is 0 Å². The van der Waals surface area contributed by atoms with Gasteiger partial charge in [0, 0.05) is 37.6 Å². The number of aromatic nitrogens is 2. The SMILES string of the molecule is CN1CCN(C(=O)c2ccc(F)c(F)c2)CC1c1ncc[nH]1. The third-order valence-electron chi connectivity index (χ3n) is 3.94. The van der Waals surface area contributed by atoms with Crippen LogP contribution in [0, 0.1) is 11.6 Å². The van der Waals surface area contributed by atoms with E-state index in [0.717, 1.165) is 18.0 Å². The molecule has 5 nitrogen and oxygen atoms in total. The highest BCUT2D eigenvalue weighted by Crippen LogP contribution is 2.22. The number of rotatable bonds is 2. The van der Waals surface area contributed by atoms with E-state index in [4.69, 9.17) is 0 Å². The first-order valence-corrected chi connectivity index (χ1v) is 7.00. The van der Waals surface area contributed by atoms with E-state index in [1.54, 1.807) is 17.3 Å². The van der Waals surface area contributed by atoms with Crippen LogP contribution in [0.4, 0.5) is 8.78 Å². The molecule has 2 aromatic rings. The van der Waals surface area contributed by atoms with Crippen molar-refractivity contribution in [2.24, 2.45) is 0 Å². The molecule has 0 bridgehead atoms. The van der Waals surface area contributed by atoms with Gasteiger partial charge in [0.15, 0.2) is 11.6 Å². The molecule has 0 saturated carbocycles. The number of H-pyrrole nitrogens is 1. The zero-order valence-electron chi connectivity index (χ0n) is 12.1. The van der Waals surface area contributed by atoms with E-state index >= 15 is 0 Å². The fourth-order valence-electron chi connectivity index (χ4n) is 2.62. The Morgan fingerprint density at radius 2 is 2.14 bits per heavy atom. The maximum Gasteiger partial charge on any atom is 0.254 e. The normalized spacial score (nSPS) is 19.4. The lowest BCUT2D eigenvalue weighted by molar-refractivity contribution is 0.0534. The van der Waals surface area contributed by atoms with Gasteiger partial charge < -0.3 is 9.88 Å². The number of carbonyl (C=O) groups excluding carboxylic acids is 1. The summed E-state index contributed by atoms with van der Waals surface area (Å²) in [6, 6.07) is 3.18. The first-order chi connectivity index (χ1) is 10.6. The fraction of sp³-hybridized carbons (Fsp3) is 0.333. The van der Waals surface area contributed by atoms with Gasteiger partial charge in [0.2, 0.25) is 0 Å². The zero-order chi connectivity index (χ0) is 15.7. The molecule has 1 N–H and O–H groups in total. The Balaban J connectivity index is 1.79. The van der Waals surface area contributed by atoms with Crippen molar-refractivity contribution in [2.45, 2.75) is 6.04 Å². The van der Waals surface area contributed by atoms with Crippen molar-refractivity contribution < 1.29 is 13.6 Å². The molecule has 0 radical (unpaired) electrons. The van der Waals surface area contributed by atoms with Gasteiger partial charge in [-0.2, -0.15) is 0 Å². The number of nitrogens with zero attached hydrogens (tertiary/aromatic N) is 3. The van der Waals surface area contributed by atoms with Crippen molar-refractivity contribution in [3.05, 3.63) is 53.6 Å². The van der Waals surface area contributed by atoms with Gasteiger partial charge in [-0.05, 0) is 25.2 Å². The highest BCUT2D eigenvalue weighted by atomic mass is 19.2. The molecule has 1 aromatic heterocycles. The first kappa shape index (κ1) is 14.6. The number of hydrogen-bond acceptors (Lipinski definition) is 3. The van der Waals surface area contributed by atoms with Gasteiger partial charge >= 0.3 is 0 Å². The van der Waals surface area contributed by atoms with E-state index in [9.17, 15) is 13.6 Å². The molecule has 1 atom stereocenters. The zero-order valence-corrected chi connectivity index (χ0v) is 12.1. The van der Waals surface area contributed by atoms with E-state index in [1.807, 2.05) is 7.05 Å². The monoisotopic (exact) mass is 306 g/mol. The highest BCUT2D eigenvalue weighted by Gasteiger charge is 2.30. The molecular formula is C15H16F2N4O. The molecule has 1 fully saturated rings. The van der Waals surface area contributed by atoms with Crippen molar-refractivity contribution in [3.63, 3.8) is 0 Å². The lowest BCUT2D eigenvalue weighted by atomic mass is 10.1. The quantitative estimate of drug-likeness (QED) is 0.921. The number of likely N-dealkylation sites (N-methyl/N-ethyl adjacent to an activating group) is 1. The van der Waals surface area contributed by atoms with Crippen molar-refractivity contribution in [1.29, 1.82) is 0 Å². The van der Waals surface area contributed by atoms with E-state index in [1.165, 1.54) is 6.07 Å². The van der Waals surface area contributed by atoms with Crippen molar-refractivity contribution in [1.82, 2.24) is 19.8 Å². The topological polar surface area (TPSA) is 52.2 Å². The summed E-state index contributed by atoms with van der Waals surface area (Å²) < 4.78 is 26.3. The third-order valence-corrected chi connectivity index (χ3v) is 3.94. The third kappa shape index (κ3) is 2.71. The lowest BCUT2D eigenvalue weighted by Gasteiger charge is -2.38. The van der Waals surface area contributed by atoms with Crippen LogP contribution in [0.3, 0.4) is 0 Å². The molecule has 1 aromatic carbocycles. The summed E-state index contributed by atoms with van der Waals surface area (Å²) in [6.45, 7) is 1.66. The summed E-state index contributed by atoms with van der Waals surface area (Å²) in [6.07, 6.45) is 3.40. The van der Waals surface area contributed by atoms with Crippen LogP contribution in [-0.4, -0.2) is 52.4 Å². The smallest absolute Gasteiger partial charge is 0.254 e. The van der Waals surface area contributed by atoms with Gasteiger partial charge in [-0.15, -0.1) is 0 Å². The first-order valence-electron chi connectivity index (χ1n) is 7.00.